The number of aromatic nitrogens is 2. The second-order valence-corrected chi connectivity index (χ2v) is 9.41. The van der Waals surface area contributed by atoms with Gasteiger partial charge in [0.1, 0.15) is 6.61 Å². The number of non-ortho nitro benzene ring substituents is 1. The molecule has 0 atom stereocenters. The summed E-state index contributed by atoms with van der Waals surface area (Å²) >= 11 is 3.29. The number of nitro groups is 2. The Morgan fingerprint density at radius 2 is 1.62 bits per heavy atom. The Balaban J connectivity index is 1.60. The molecule has 40 heavy (non-hydrogen) atoms. The molecule has 0 aliphatic heterocycles. The monoisotopic (exact) mass is 599 g/mol. The molecule has 12 heteroatoms. The van der Waals surface area contributed by atoms with Gasteiger partial charge in [0, 0.05) is 33.8 Å². The summed E-state index contributed by atoms with van der Waals surface area (Å²) < 4.78 is 7.39. The molecule has 0 spiro atoms. The first-order valence-electron chi connectivity index (χ1n) is 11.8. The predicted molar refractivity (Wildman–Crippen MR) is 153 cm³/mol. The molecular formula is C28H18BrN5O6. The summed E-state index contributed by atoms with van der Waals surface area (Å²) in [6.07, 6.45) is 1.30. The molecule has 0 amide bonds. The number of fused-ring (bicyclic) bond motifs is 1. The molecule has 198 valence electrons. The number of hydrogen-bond acceptors (Lipinski definition) is 8. The van der Waals surface area contributed by atoms with Gasteiger partial charge in [0.2, 0.25) is 5.75 Å². The Morgan fingerprint density at radius 1 is 0.925 bits per heavy atom. The topological polar surface area (TPSA) is 143 Å². The normalized spacial score (nSPS) is 11.1. The van der Waals surface area contributed by atoms with E-state index in [4.69, 9.17) is 4.74 Å². The summed E-state index contributed by atoms with van der Waals surface area (Å²) in [7, 11) is 0. The van der Waals surface area contributed by atoms with Gasteiger partial charge in [-0.1, -0.05) is 58.4 Å². The fourth-order valence-electron chi connectivity index (χ4n) is 3.98. The van der Waals surface area contributed by atoms with Gasteiger partial charge in [-0.3, -0.25) is 25.0 Å². The van der Waals surface area contributed by atoms with Crippen LogP contribution < -0.4 is 10.3 Å². The lowest BCUT2D eigenvalue weighted by Gasteiger charge is -2.12. The van der Waals surface area contributed by atoms with E-state index in [2.05, 4.69) is 26.0 Å². The van der Waals surface area contributed by atoms with Crippen LogP contribution in [0.3, 0.4) is 0 Å². The molecule has 0 saturated heterocycles. The zero-order valence-electron chi connectivity index (χ0n) is 20.5. The first-order valence-corrected chi connectivity index (χ1v) is 12.6. The van der Waals surface area contributed by atoms with Crippen LogP contribution in [0.15, 0.2) is 105 Å². The average Bonchev–Trinajstić information content (AvgIpc) is 2.96. The van der Waals surface area contributed by atoms with Gasteiger partial charge in [-0.05, 0) is 35.9 Å². The molecule has 0 aliphatic rings. The zero-order chi connectivity index (χ0) is 28.2. The maximum atomic E-state index is 13.5. The molecule has 1 aromatic heterocycles. The molecule has 5 rings (SSSR count). The maximum Gasteiger partial charge on any atom is 0.312 e. The van der Waals surface area contributed by atoms with Crippen molar-refractivity contribution in [3.8, 4) is 17.1 Å². The fourth-order valence-corrected chi connectivity index (χ4v) is 4.45. The summed E-state index contributed by atoms with van der Waals surface area (Å²) in [5, 5.41) is 27.6. The van der Waals surface area contributed by atoms with E-state index < -0.39 is 15.4 Å². The highest BCUT2D eigenvalue weighted by molar-refractivity contribution is 9.10. The molecule has 1 heterocycles. The van der Waals surface area contributed by atoms with Crippen molar-refractivity contribution in [3.05, 3.63) is 137 Å². The summed E-state index contributed by atoms with van der Waals surface area (Å²) in [5.74, 6) is 0.205. The Bertz CT molecular complexity index is 1840. The molecule has 0 aliphatic carbocycles. The minimum atomic E-state index is -0.591. The van der Waals surface area contributed by atoms with Crippen LogP contribution >= 0.6 is 15.9 Å². The average molecular weight is 600 g/mol. The lowest BCUT2D eigenvalue weighted by molar-refractivity contribution is -0.386. The molecule has 0 unspecified atom stereocenters. The largest absolute Gasteiger partial charge is 0.481 e. The number of ether oxygens (including phenoxy) is 1. The quantitative estimate of drug-likeness (QED) is 0.119. The lowest BCUT2D eigenvalue weighted by Crippen LogP contribution is -2.20. The first kappa shape index (κ1) is 26.4. The van der Waals surface area contributed by atoms with Gasteiger partial charge in [0.05, 0.1) is 27.0 Å². The SMILES string of the molecule is O=c1c2ccccc2nc(-c2ccccc2)n1N=Cc1cc(Br)cc([N+](=O)[O-])c1OCc1ccc([N+](=O)[O-])cc1. The van der Waals surface area contributed by atoms with Crippen LogP contribution in [-0.4, -0.2) is 25.7 Å². The molecule has 11 nitrogen and oxygen atoms in total. The van der Waals surface area contributed by atoms with Crippen LogP contribution in [0, 0.1) is 20.2 Å². The summed E-state index contributed by atoms with van der Waals surface area (Å²) in [6, 6.07) is 24.5. The van der Waals surface area contributed by atoms with Crippen LogP contribution in [-0.2, 0) is 6.61 Å². The Labute approximate surface area is 234 Å². The lowest BCUT2D eigenvalue weighted by atomic mass is 10.1. The van der Waals surface area contributed by atoms with Gasteiger partial charge in [-0.25, -0.2) is 4.98 Å². The van der Waals surface area contributed by atoms with Crippen LogP contribution in [0.5, 0.6) is 5.75 Å². The molecule has 4 aromatic carbocycles. The third-order valence-corrected chi connectivity index (χ3v) is 6.35. The second kappa shape index (κ2) is 11.3. The highest BCUT2D eigenvalue weighted by Crippen LogP contribution is 2.34. The van der Waals surface area contributed by atoms with Crippen molar-refractivity contribution in [2.24, 2.45) is 5.10 Å². The number of nitrogens with zero attached hydrogens (tertiary/aromatic N) is 5. The third-order valence-electron chi connectivity index (χ3n) is 5.89. The van der Waals surface area contributed by atoms with Gasteiger partial charge in [-0.15, -0.1) is 0 Å². The fraction of sp³-hybridized carbons (Fsp3) is 0.0357. The van der Waals surface area contributed by atoms with Crippen molar-refractivity contribution in [3.63, 3.8) is 0 Å². The Morgan fingerprint density at radius 3 is 2.33 bits per heavy atom. The van der Waals surface area contributed by atoms with Gasteiger partial charge in [0.15, 0.2) is 5.82 Å². The van der Waals surface area contributed by atoms with Crippen LogP contribution in [0.25, 0.3) is 22.3 Å². The minimum Gasteiger partial charge on any atom is -0.481 e. The van der Waals surface area contributed by atoms with Crippen LogP contribution in [0.1, 0.15) is 11.1 Å². The standard InChI is InChI=1S/C28H18BrN5O6/c29-21-14-20(26(25(15-21)34(38)39)40-17-18-10-12-22(13-11-18)33(36)37)16-30-32-27(19-6-2-1-3-7-19)31-24-9-5-4-8-23(24)28(32)35/h1-16H,17H2. The van der Waals surface area contributed by atoms with Crippen molar-refractivity contribution in [1.82, 2.24) is 9.66 Å². The van der Waals surface area contributed by atoms with E-state index in [-0.39, 0.29) is 29.3 Å². The molecule has 0 bridgehead atoms. The molecule has 0 radical (unpaired) electrons. The maximum absolute atomic E-state index is 13.5. The zero-order valence-corrected chi connectivity index (χ0v) is 22.1. The van der Waals surface area contributed by atoms with E-state index in [1.165, 1.54) is 36.5 Å². The number of para-hydroxylation sites is 1. The molecule has 0 N–H and O–H groups in total. The summed E-state index contributed by atoms with van der Waals surface area (Å²) in [5.41, 5.74) is 1.10. The van der Waals surface area contributed by atoms with Crippen molar-refractivity contribution < 1.29 is 14.6 Å². The van der Waals surface area contributed by atoms with Crippen LogP contribution in [0.2, 0.25) is 0 Å². The minimum absolute atomic E-state index is 0.0849. The van der Waals surface area contributed by atoms with Crippen LogP contribution in [0.4, 0.5) is 11.4 Å². The third kappa shape index (κ3) is 5.47. The van der Waals surface area contributed by atoms with E-state index in [0.717, 1.165) is 4.68 Å². The van der Waals surface area contributed by atoms with Crippen molar-refractivity contribution in [2.45, 2.75) is 6.61 Å². The number of rotatable bonds is 8. The molecular weight excluding hydrogens is 582 g/mol. The Kier molecular flexibility index (Phi) is 7.42. The molecule has 0 fully saturated rings. The van der Waals surface area contributed by atoms with Crippen molar-refractivity contribution in [2.75, 3.05) is 0 Å². The number of nitro benzene ring substituents is 2. The van der Waals surface area contributed by atoms with E-state index in [1.54, 1.807) is 42.5 Å². The first-order chi connectivity index (χ1) is 19.3. The number of hydrogen-bond donors (Lipinski definition) is 0. The van der Waals surface area contributed by atoms with E-state index >= 15 is 0 Å². The van der Waals surface area contributed by atoms with E-state index in [1.807, 2.05) is 18.2 Å². The summed E-state index contributed by atoms with van der Waals surface area (Å²) in [4.78, 5) is 39.8. The van der Waals surface area contributed by atoms with Gasteiger partial charge >= 0.3 is 5.69 Å². The van der Waals surface area contributed by atoms with E-state index in [0.29, 0.717) is 32.3 Å². The highest BCUT2D eigenvalue weighted by atomic mass is 79.9. The summed E-state index contributed by atoms with van der Waals surface area (Å²) in [6.45, 7) is -0.103. The predicted octanol–water partition coefficient (Wildman–Crippen LogP) is 6.10. The van der Waals surface area contributed by atoms with E-state index in [9.17, 15) is 25.0 Å². The number of benzene rings is 4. The number of halogens is 1. The van der Waals surface area contributed by atoms with Gasteiger partial charge < -0.3 is 4.74 Å². The van der Waals surface area contributed by atoms with Crippen molar-refractivity contribution >= 4 is 44.4 Å². The highest BCUT2D eigenvalue weighted by Gasteiger charge is 2.21. The second-order valence-electron chi connectivity index (χ2n) is 8.49. The van der Waals surface area contributed by atoms with Gasteiger partial charge in [0.25, 0.3) is 11.2 Å². The Hall–Kier alpha value is -5.23. The molecule has 0 saturated carbocycles. The van der Waals surface area contributed by atoms with Crippen molar-refractivity contribution in [1.29, 1.82) is 0 Å². The molecule has 5 aromatic rings. The smallest absolute Gasteiger partial charge is 0.312 e. The van der Waals surface area contributed by atoms with Gasteiger partial charge in [-0.2, -0.15) is 9.78 Å².